The van der Waals surface area contributed by atoms with Crippen LogP contribution >= 0.6 is 0 Å². The van der Waals surface area contributed by atoms with Gasteiger partial charge in [0, 0.05) is 5.56 Å². The predicted molar refractivity (Wildman–Crippen MR) is 67.2 cm³/mol. The second-order valence-electron chi connectivity index (χ2n) is 4.29. The summed E-state index contributed by atoms with van der Waals surface area (Å²) in [5.41, 5.74) is -0.0829. The van der Waals surface area contributed by atoms with Crippen molar-refractivity contribution in [1.29, 1.82) is 0 Å². The van der Waals surface area contributed by atoms with Crippen molar-refractivity contribution >= 4 is 5.78 Å². The smallest absolute Gasteiger partial charge is 0.196 e. The van der Waals surface area contributed by atoms with E-state index in [1.54, 1.807) is 6.07 Å². The Bertz CT molecular complexity index is 683. The van der Waals surface area contributed by atoms with E-state index < -0.39 is 17.4 Å². The van der Waals surface area contributed by atoms with Gasteiger partial charge in [0.2, 0.25) is 0 Å². The van der Waals surface area contributed by atoms with E-state index in [-0.39, 0.29) is 11.1 Å². The van der Waals surface area contributed by atoms with Crippen molar-refractivity contribution in [2.75, 3.05) is 13.2 Å². The van der Waals surface area contributed by atoms with Crippen LogP contribution in [0, 0.1) is 11.6 Å². The standard InChI is InChI=1S/C15H10F2O3/c16-11-3-1-2-10(14(11)17)15(18)9-4-5-12-13(8-9)20-7-6-19-12/h1-5,8H,6-7H2. The maximum atomic E-state index is 13.6. The first-order valence-electron chi connectivity index (χ1n) is 6.05. The molecule has 3 rings (SSSR count). The van der Waals surface area contributed by atoms with Gasteiger partial charge in [0.15, 0.2) is 28.9 Å². The Morgan fingerprint density at radius 3 is 2.55 bits per heavy atom. The third-order valence-corrected chi connectivity index (χ3v) is 3.00. The first-order chi connectivity index (χ1) is 9.66. The summed E-state index contributed by atoms with van der Waals surface area (Å²) >= 11 is 0. The number of hydrogen-bond acceptors (Lipinski definition) is 3. The highest BCUT2D eigenvalue weighted by Gasteiger charge is 2.19. The van der Waals surface area contributed by atoms with E-state index >= 15 is 0 Å². The number of carbonyl (C=O) groups excluding carboxylic acids is 1. The lowest BCUT2D eigenvalue weighted by Crippen LogP contribution is -2.16. The van der Waals surface area contributed by atoms with Crippen LogP contribution in [0.25, 0.3) is 0 Å². The quantitative estimate of drug-likeness (QED) is 0.791. The minimum absolute atomic E-state index is 0.221. The predicted octanol–water partition coefficient (Wildman–Crippen LogP) is 2.97. The molecule has 2 aromatic rings. The highest BCUT2D eigenvalue weighted by molar-refractivity contribution is 6.09. The van der Waals surface area contributed by atoms with Gasteiger partial charge in [-0.2, -0.15) is 0 Å². The molecule has 0 saturated carbocycles. The summed E-state index contributed by atoms with van der Waals surface area (Å²) in [6.07, 6.45) is 0. The fourth-order valence-corrected chi connectivity index (χ4v) is 2.02. The third-order valence-electron chi connectivity index (χ3n) is 3.00. The minimum Gasteiger partial charge on any atom is -0.486 e. The second kappa shape index (κ2) is 4.92. The molecule has 1 aliphatic heterocycles. The molecule has 0 aliphatic carbocycles. The summed E-state index contributed by atoms with van der Waals surface area (Å²) in [4.78, 5) is 12.2. The Morgan fingerprint density at radius 2 is 1.75 bits per heavy atom. The molecule has 1 heterocycles. The van der Waals surface area contributed by atoms with Gasteiger partial charge in [0.1, 0.15) is 13.2 Å². The molecule has 0 aromatic heterocycles. The number of halogens is 2. The van der Waals surface area contributed by atoms with Crippen molar-refractivity contribution in [3.8, 4) is 11.5 Å². The molecule has 0 bridgehead atoms. The van der Waals surface area contributed by atoms with Gasteiger partial charge < -0.3 is 9.47 Å². The summed E-state index contributed by atoms with van der Waals surface area (Å²) < 4.78 is 37.5. The number of benzene rings is 2. The second-order valence-corrected chi connectivity index (χ2v) is 4.29. The van der Waals surface area contributed by atoms with Crippen LogP contribution in [0.4, 0.5) is 8.78 Å². The van der Waals surface area contributed by atoms with E-state index in [2.05, 4.69) is 0 Å². The zero-order valence-corrected chi connectivity index (χ0v) is 10.4. The minimum atomic E-state index is -1.15. The number of rotatable bonds is 2. The number of carbonyl (C=O) groups is 1. The van der Waals surface area contributed by atoms with Crippen LogP contribution in [0.3, 0.4) is 0 Å². The maximum Gasteiger partial charge on any atom is 0.196 e. The lowest BCUT2D eigenvalue weighted by molar-refractivity contribution is 0.103. The zero-order valence-electron chi connectivity index (χ0n) is 10.4. The largest absolute Gasteiger partial charge is 0.486 e. The Kier molecular flexibility index (Phi) is 3.10. The van der Waals surface area contributed by atoms with Crippen molar-refractivity contribution in [3.63, 3.8) is 0 Å². The fourth-order valence-electron chi connectivity index (χ4n) is 2.02. The van der Waals surface area contributed by atoms with Crippen LogP contribution in [-0.2, 0) is 0 Å². The highest BCUT2D eigenvalue weighted by Crippen LogP contribution is 2.31. The summed E-state index contributed by atoms with van der Waals surface area (Å²) in [6, 6.07) is 8.07. The van der Waals surface area contributed by atoms with E-state index in [0.29, 0.717) is 24.7 Å². The Morgan fingerprint density at radius 1 is 1.00 bits per heavy atom. The van der Waals surface area contributed by atoms with Crippen LogP contribution < -0.4 is 9.47 Å². The van der Waals surface area contributed by atoms with Gasteiger partial charge in [-0.05, 0) is 30.3 Å². The normalized spacial score (nSPS) is 13.1. The summed E-state index contributed by atoms with van der Waals surface area (Å²) in [5.74, 6) is -1.83. The molecule has 2 aromatic carbocycles. The van der Waals surface area contributed by atoms with Crippen molar-refractivity contribution in [2.45, 2.75) is 0 Å². The lowest BCUT2D eigenvalue weighted by atomic mass is 10.0. The van der Waals surface area contributed by atoms with Gasteiger partial charge in [-0.1, -0.05) is 6.07 Å². The van der Waals surface area contributed by atoms with E-state index in [1.807, 2.05) is 0 Å². The Hall–Kier alpha value is -2.43. The fraction of sp³-hybridized carbons (Fsp3) is 0.133. The molecule has 0 unspecified atom stereocenters. The summed E-state index contributed by atoms with van der Waals surface area (Å²) in [7, 11) is 0. The monoisotopic (exact) mass is 276 g/mol. The van der Waals surface area contributed by atoms with Gasteiger partial charge in [-0.3, -0.25) is 4.79 Å². The molecule has 3 nitrogen and oxygen atoms in total. The van der Waals surface area contributed by atoms with E-state index in [0.717, 1.165) is 6.07 Å². The Balaban J connectivity index is 2.00. The van der Waals surface area contributed by atoms with Gasteiger partial charge in [0.25, 0.3) is 0 Å². The molecular weight excluding hydrogens is 266 g/mol. The average Bonchev–Trinajstić information content (AvgIpc) is 2.49. The van der Waals surface area contributed by atoms with Crippen molar-refractivity contribution in [1.82, 2.24) is 0 Å². The summed E-state index contributed by atoms with van der Waals surface area (Å²) in [5, 5.41) is 0. The van der Waals surface area contributed by atoms with Crippen LogP contribution in [0.2, 0.25) is 0 Å². The van der Waals surface area contributed by atoms with E-state index in [4.69, 9.17) is 9.47 Å². The summed E-state index contributed by atoms with van der Waals surface area (Å²) in [6.45, 7) is 0.831. The van der Waals surface area contributed by atoms with Crippen LogP contribution in [-0.4, -0.2) is 19.0 Å². The lowest BCUT2D eigenvalue weighted by Gasteiger charge is -2.18. The van der Waals surface area contributed by atoms with Crippen molar-refractivity contribution in [3.05, 3.63) is 59.2 Å². The van der Waals surface area contributed by atoms with Crippen LogP contribution in [0.15, 0.2) is 36.4 Å². The number of ketones is 1. The molecule has 0 spiro atoms. The first-order valence-corrected chi connectivity index (χ1v) is 6.05. The molecule has 20 heavy (non-hydrogen) atoms. The number of fused-ring (bicyclic) bond motifs is 1. The van der Waals surface area contributed by atoms with Crippen LogP contribution in [0.1, 0.15) is 15.9 Å². The molecule has 0 radical (unpaired) electrons. The molecule has 0 N–H and O–H groups in total. The van der Waals surface area contributed by atoms with Crippen molar-refractivity contribution < 1.29 is 23.0 Å². The topological polar surface area (TPSA) is 35.5 Å². The average molecular weight is 276 g/mol. The molecule has 0 saturated heterocycles. The SMILES string of the molecule is O=C(c1ccc2c(c1)OCCO2)c1cccc(F)c1F. The Labute approximate surface area is 113 Å². The molecule has 5 heteroatoms. The number of hydrogen-bond donors (Lipinski definition) is 0. The van der Waals surface area contributed by atoms with Gasteiger partial charge in [0.05, 0.1) is 5.56 Å². The molecule has 0 fully saturated rings. The van der Waals surface area contributed by atoms with Crippen LogP contribution in [0.5, 0.6) is 11.5 Å². The third kappa shape index (κ3) is 2.11. The van der Waals surface area contributed by atoms with Gasteiger partial charge >= 0.3 is 0 Å². The molecular formula is C15H10F2O3. The van der Waals surface area contributed by atoms with Gasteiger partial charge in [-0.25, -0.2) is 8.78 Å². The van der Waals surface area contributed by atoms with E-state index in [9.17, 15) is 13.6 Å². The zero-order chi connectivity index (χ0) is 14.1. The molecule has 0 amide bonds. The highest BCUT2D eigenvalue weighted by atomic mass is 19.2. The number of ether oxygens (including phenoxy) is 2. The van der Waals surface area contributed by atoms with E-state index in [1.165, 1.54) is 24.3 Å². The molecule has 102 valence electrons. The van der Waals surface area contributed by atoms with Crippen molar-refractivity contribution in [2.24, 2.45) is 0 Å². The maximum absolute atomic E-state index is 13.6. The first kappa shape index (κ1) is 12.6. The van der Waals surface area contributed by atoms with Gasteiger partial charge in [-0.15, -0.1) is 0 Å². The molecule has 0 atom stereocenters. The molecule has 1 aliphatic rings.